The van der Waals surface area contributed by atoms with Crippen molar-refractivity contribution in [2.75, 3.05) is 0 Å². The fourth-order valence-corrected chi connectivity index (χ4v) is 2.96. The molecule has 0 aliphatic rings. The number of nitrogens with zero attached hydrogens (tertiary/aromatic N) is 2. The standard InChI is InChI=1S/C18H27N3/c1-11(2)19-10-17-15(6)20-21(16(17)7)18-13(4)8-12(3)9-14(18)5/h8-9,11,19H,10H2,1-7H3. The molecule has 0 saturated heterocycles. The summed E-state index contributed by atoms with van der Waals surface area (Å²) in [4.78, 5) is 0. The number of hydrogen-bond acceptors (Lipinski definition) is 2. The summed E-state index contributed by atoms with van der Waals surface area (Å²) >= 11 is 0. The van der Waals surface area contributed by atoms with E-state index in [1.54, 1.807) is 0 Å². The quantitative estimate of drug-likeness (QED) is 0.923. The summed E-state index contributed by atoms with van der Waals surface area (Å²) in [5.74, 6) is 0. The Morgan fingerprint density at radius 2 is 1.62 bits per heavy atom. The number of aryl methyl sites for hydroxylation is 4. The highest BCUT2D eigenvalue weighted by atomic mass is 15.3. The van der Waals surface area contributed by atoms with Gasteiger partial charge in [0, 0.05) is 23.8 Å². The predicted molar refractivity (Wildman–Crippen MR) is 89.2 cm³/mol. The van der Waals surface area contributed by atoms with Gasteiger partial charge in [-0.3, -0.25) is 0 Å². The van der Waals surface area contributed by atoms with Crippen LogP contribution >= 0.6 is 0 Å². The highest BCUT2D eigenvalue weighted by Gasteiger charge is 2.15. The minimum atomic E-state index is 0.481. The Morgan fingerprint density at radius 3 is 2.14 bits per heavy atom. The maximum atomic E-state index is 4.79. The van der Waals surface area contributed by atoms with Gasteiger partial charge in [-0.25, -0.2) is 4.68 Å². The van der Waals surface area contributed by atoms with E-state index < -0.39 is 0 Å². The van der Waals surface area contributed by atoms with E-state index in [4.69, 9.17) is 5.10 Å². The SMILES string of the molecule is Cc1cc(C)c(-n2nc(C)c(CNC(C)C)c2C)c(C)c1. The van der Waals surface area contributed by atoms with E-state index in [1.165, 1.54) is 33.6 Å². The van der Waals surface area contributed by atoms with E-state index in [1.807, 2.05) is 0 Å². The Kier molecular flexibility index (Phi) is 4.52. The number of aromatic nitrogens is 2. The van der Waals surface area contributed by atoms with Gasteiger partial charge in [0.05, 0.1) is 11.4 Å². The van der Waals surface area contributed by atoms with Gasteiger partial charge in [-0.15, -0.1) is 0 Å². The average Bonchev–Trinajstić information content (AvgIpc) is 2.61. The van der Waals surface area contributed by atoms with Crippen LogP contribution in [0.1, 0.15) is 47.5 Å². The molecule has 0 amide bonds. The number of rotatable bonds is 4. The summed E-state index contributed by atoms with van der Waals surface area (Å²) in [7, 11) is 0. The second-order valence-corrected chi connectivity index (χ2v) is 6.34. The second-order valence-electron chi connectivity index (χ2n) is 6.34. The molecule has 1 N–H and O–H groups in total. The van der Waals surface area contributed by atoms with Crippen molar-refractivity contribution >= 4 is 0 Å². The van der Waals surface area contributed by atoms with Crippen LogP contribution in [0.25, 0.3) is 5.69 Å². The molecule has 1 aromatic heterocycles. The molecule has 3 heteroatoms. The zero-order valence-corrected chi connectivity index (χ0v) is 14.3. The fourth-order valence-electron chi connectivity index (χ4n) is 2.96. The molecule has 0 saturated carbocycles. The summed E-state index contributed by atoms with van der Waals surface area (Å²) in [6, 6.07) is 4.94. The van der Waals surface area contributed by atoms with Crippen LogP contribution in [0.2, 0.25) is 0 Å². The zero-order valence-electron chi connectivity index (χ0n) is 14.3. The maximum Gasteiger partial charge on any atom is 0.0707 e. The number of benzene rings is 1. The summed E-state index contributed by atoms with van der Waals surface area (Å²) in [5.41, 5.74) is 8.73. The Bertz CT molecular complexity index is 628. The molecule has 0 bridgehead atoms. The van der Waals surface area contributed by atoms with E-state index in [0.29, 0.717) is 6.04 Å². The van der Waals surface area contributed by atoms with E-state index in [2.05, 4.69) is 70.6 Å². The lowest BCUT2D eigenvalue weighted by Gasteiger charge is -2.14. The third-order valence-corrected chi connectivity index (χ3v) is 3.98. The van der Waals surface area contributed by atoms with E-state index in [9.17, 15) is 0 Å². The molecule has 0 spiro atoms. The highest BCUT2D eigenvalue weighted by molar-refractivity contribution is 5.50. The van der Waals surface area contributed by atoms with Crippen LogP contribution in [0.3, 0.4) is 0 Å². The molecule has 2 rings (SSSR count). The molecule has 0 radical (unpaired) electrons. The van der Waals surface area contributed by atoms with Gasteiger partial charge in [0.2, 0.25) is 0 Å². The van der Waals surface area contributed by atoms with E-state index in [-0.39, 0.29) is 0 Å². The van der Waals surface area contributed by atoms with Crippen molar-refractivity contribution in [3.05, 3.63) is 45.8 Å². The van der Waals surface area contributed by atoms with Crippen LogP contribution in [-0.2, 0) is 6.54 Å². The third-order valence-electron chi connectivity index (χ3n) is 3.98. The first-order valence-corrected chi connectivity index (χ1v) is 7.68. The molecule has 0 unspecified atom stereocenters. The molecular formula is C18H27N3. The first-order valence-electron chi connectivity index (χ1n) is 7.68. The average molecular weight is 285 g/mol. The third kappa shape index (κ3) is 3.18. The number of hydrogen-bond donors (Lipinski definition) is 1. The molecule has 1 aromatic carbocycles. The smallest absolute Gasteiger partial charge is 0.0707 e. The lowest BCUT2D eigenvalue weighted by atomic mass is 10.0. The molecule has 21 heavy (non-hydrogen) atoms. The first kappa shape index (κ1) is 15.8. The topological polar surface area (TPSA) is 29.9 Å². The largest absolute Gasteiger partial charge is 0.310 e. The van der Waals surface area contributed by atoms with E-state index in [0.717, 1.165) is 12.2 Å². The van der Waals surface area contributed by atoms with Gasteiger partial charge < -0.3 is 5.32 Å². The lowest BCUT2D eigenvalue weighted by molar-refractivity contribution is 0.586. The Morgan fingerprint density at radius 1 is 1.05 bits per heavy atom. The number of nitrogens with one attached hydrogen (secondary N) is 1. The summed E-state index contributed by atoms with van der Waals surface area (Å²) in [5, 5.41) is 8.28. The maximum absolute atomic E-state index is 4.79. The van der Waals surface area contributed by atoms with Crippen molar-refractivity contribution < 1.29 is 0 Å². The predicted octanol–water partition coefficient (Wildman–Crippen LogP) is 3.91. The van der Waals surface area contributed by atoms with Gasteiger partial charge in [-0.2, -0.15) is 5.10 Å². The van der Waals surface area contributed by atoms with Crippen LogP contribution in [0.4, 0.5) is 0 Å². The second kappa shape index (κ2) is 6.02. The minimum Gasteiger partial charge on any atom is -0.310 e. The molecule has 0 atom stereocenters. The highest BCUT2D eigenvalue weighted by Crippen LogP contribution is 2.24. The normalized spacial score (nSPS) is 11.4. The molecule has 3 nitrogen and oxygen atoms in total. The lowest BCUT2D eigenvalue weighted by Crippen LogP contribution is -2.22. The van der Waals surface area contributed by atoms with Crippen molar-refractivity contribution in [1.29, 1.82) is 0 Å². The molecule has 1 heterocycles. The van der Waals surface area contributed by atoms with Crippen LogP contribution < -0.4 is 5.32 Å². The monoisotopic (exact) mass is 285 g/mol. The summed E-state index contributed by atoms with van der Waals surface area (Å²) < 4.78 is 2.11. The molecule has 2 aromatic rings. The van der Waals surface area contributed by atoms with Crippen molar-refractivity contribution in [2.45, 2.75) is 61.1 Å². The molecule has 0 aliphatic heterocycles. The van der Waals surface area contributed by atoms with Crippen LogP contribution in [-0.4, -0.2) is 15.8 Å². The van der Waals surface area contributed by atoms with Crippen molar-refractivity contribution in [3.8, 4) is 5.69 Å². The van der Waals surface area contributed by atoms with Crippen LogP contribution in [0.15, 0.2) is 12.1 Å². The zero-order chi connectivity index (χ0) is 15.7. The van der Waals surface area contributed by atoms with Crippen molar-refractivity contribution in [3.63, 3.8) is 0 Å². The Hall–Kier alpha value is -1.61. The van der Waals surface area contributed by atoms with Gasteiger partial charge in [0.1, 0.15) is 0 Å². The summed E-state index contributed by atoms with van der Waals surface area (Å²) in [6.07, 6.45) is 0. The van der Waals surface area contributed by atoms with Gasteiger partial charge in [-0.1, -0.05) is 31.5 Å². The minimum absolute atomic E-state index is 0.481. The Balaban J connectivity index is 2.49. The Labute approximate surface area is 128 Å². The first-order chi connectivity index (χ1) is 9.81. The van der Waals surface area contributed by atoms with Gasteiger partial charge in [0.25, 0.3) is 0 Å². The molecule has 0 aliphatic carbocycles. The van der Waals surface area contributed by atoms with Gasteiger partial charge in [0.15, 0.2) is 0 Å². The molecule has 0 fully saturated rings. The summed E-state index contributed by atoms with van der Waals surface area (Å²) in [6.45, 7) is 15.9. The van der Waals surface area contributed by atoms with Crippen molar-refractivity contribution in [2.24, 2.45) is 0 Å². The van der Waals surface area contributed by atoms with Gasteiger partial charge in [-0.05, 0) is 45.7 Å². The van der Waals surface area contributed by atoms with Crippen molar-refractivity contribution in [1.82, 2.24) is 15.1 Å². The van der Waals surface area contributed by atoms with Crippen LogP contribution in [0, 0.1) is 34.6 Å². The fraction of sp³-hybridized carbons (Fsp3) is 0.500. The molecule has 114 valence electrons. The molecular weight excluding hydrogens is 258 g/mol. The van der Waals surface area contributed by atoms with Gasteiger partial charge >= 0.3 is 0 Å². The van der Waals surface area contributed by atoms with Crippen LogP contribution in [0.5, 0.6) is 0 Å². The van der Waals surface area contributed by atoms with E-state index >= 15 is 0 Å².